The maximum Gasteiger partial charge on any atom is 0.418 e. The van der Waals surface area contributed by atoms with Crippen LogP contribution in [-0.4, -0.2) is 53.6 Å². The molecule has 1 aliphatic heterocycles. The van der Waals surface area contributed by atoms with Crippen LogP contribution in [0.5, 0.6) is 0 Å². The van der Waals surface area contributed by atoms with Crippen molar-refractivity contribution in [2.45, 2.75) is 24.3 Å². The zero-order chi connectivity index (χ0) is 19.1. The molecule has 12 heteroatoms. The van der Waals surface area contributed by atoms with Crippen molar-refractivity contribution < 1.29 is 26.0 Å². The van der Waals surface area contributed by atoms with E-state index >= 15 is 0 Å². The highest BCUT2D eigenvalue weighted by atomic mass is 32.2. The highest BCUT2D eigenvalue weighted by molar-refractivity contribution is 7.89. The summed E-state index contributed by atoms with van der Waals surface area (Å²) in [6.45, 7) is 1.57. The minimum absolute atomic E-state index is 0.0160. The molecular formula is C14H15F4N5O2S. The number of benzene rings is 1. The average Bonchev–Trinajstić information content (AvgIpc) is 3.09. The smallest absolute Gasteiger partial charge is 0.368 e. The van der Waals surface area contributed by atoms with Gasteiger partial charge in [0.05, 0.1) is 5.56 Å². The van der Waals surface area contributed by atoms with Crippen molar-refractivity contribution in [3.63, 3.8) is 0 Å². The van der Waals surface area contributed by atoms with E-state index in [0.29, 0.717) is 6.07 Å². The largest absolute Gasteiger partial charge is 0.418 e. The molecule has 3 rings (SSSR count). The number of alkyl halides is 3. The monoisotopic (exact) mass is 393 g/mol. The third-order valence-electron chi connectivity index (χ3n) is 4.12. The minimum atomic E-state index is -4.72. The van der Waals surface area contributed by atoms with E-state index in [1.54, 1.807) is 6.92 Å². The number of nitrogens with zero attached hydrogens (tertiary/aromatic N) is 4. The molecule has 0 saturated carbocycles. The standard InChI is InChI=1S/C14H15F4N5O2S/c1-9-7-22(12-3-2-10(15)6-11(12)14(16,17)18)4-5-23(9)26(24,25)13-19-8-20-21-13/h2-3,6,8-9H,4-5,7H2,1H3,(H,19,20,21). The quantitative estimate of drug-likeness (QED) is 0.805. The molecule has 26 heavy (non-hydrogen) atoms. The lowest BCUT2D eigenvalue weighted by atomic mass is 10.1. The van der Waals surface area contributed by atoms with Crippen LogP contribution in [0.1, 0.15) is 12.5 Å². The first-order chi connectivity index (χ1) is 12.1. The second-order valence-electron chi connectivity index (χ2n) is 5.86. The molecule has 7 nitrogen and oxygen atoms in total. The van der Waals surface area contributed by atoms with Gasteiger partial charge in [0, 0.05) is 31.4 Å². The Bertz CT molecular complexity index is 885. The second kappa shape index (κ2) is 6.50. The van der Waals surface area contributed by atoms with Crippen molar-refractivity contribution in [3.05, 3.63) is 35.9 Å². The first kappa shape index (κ1) is 18.6. The number of aromatic amines is 1. The van der Waals surface area contributed by atoms with Crippen LogP contribution in [0.3, 0.4) is 0 Å². The summed E-state index contributed by atoms with van der Waals surface area (Å²) in [4.78, 5) is 5.03. The number of nitrogens with one attached hydrogen (secondary N) is 1. The lowest BCUT2D eigenvalue weighted by Crippen LogP contribution is -2.54. The molecule has 2 heterocycles. The Morgan fingerprint density at radius 3 is 2.58 bits per heavy atom. The van der Waals surface area contributed by atoms with Crippen LogP contribution in [0, 0.1) is 5.82 Å². The Hall–Kier alpha value is -2.21. The number of H-pyrrole nitrogens is 1. The molecule has 1 N–H and O–H groups in total. The summed E-state index contributed by atoms with van der Waals surface area (Å²) >= 11 is 0. The molecule has 0 radical (unpaired) electrons. The van der Waals surface area contributed by atoms with Gasteiger partial charge in [0.1, 0.15) is 12.1 Å². The van der Waals surface area contributed by atoms with Gasteiger partial charge >= 0.3 is 6.18 Å². The fourth-order valence-corrected chi connectivity index (χ4v) is 4.39. The number of rotatable bonds is 3. The van der Waals surface area contributed by atoms with Gasteiger partial charge in [-0.15, -0.1) is 0 Å². The molecule has 1 aromatic carbocycles. The van der Waals surface area contributed by atoms with E-state index in [0.717, 1.165) is 22.8 Å². The van der Waals surface area contributed by atoms with Crippen molar-refractivity contribution in [3.8, 4) is 0 Å². The van der Waals surface area contributed by atoms with E-state index in [4.69, 9.17) is 0 Å². The normalized spacial score (nSPS) is 19.7. The first-order valence-electron chi connectivity index (χ1n) is 7.59. The minimum Gasteiger partial charge on any atom is -0.368 e. The van der Waals surface area contributed by atoms with Gasteiger partial charge < -0.3 is 4.90 Å². The molecule has 1 saturated heterocycles. The summed E-state index contributed by atoms with van der Waals surface area (Å²) in [7, 11) is -3.92. The number of aromatic nitrogens is 3. The van der Waals surface area contributed by atoms with Gasteiger partial charge in [0.15, 0.2) is 0 Å². The van der Waals surface area contributed by atoms with Crippen molar-refractivity contribution in [1.82, 2.24) is 19.5 Å². The number of piperazine rings is 1. The van der Waals surface area contributed by atoms with Crippen molar-refractivity contribution in [1.29, 1.82) is 0 Å². The molecule has 1 fully saturated rings. The fraction of sp³-hybridized carbons (Fsp3) is 0.429. The summed E-state index contributed by atoms with van der Waals surface area (Å²) in [5.41, 5.74) is -1.27. The maximum absolute atomic E-state index is 13.3. The van der Waals surface area contributed by atoms with Gasteiger partial charge in [-0.05, 0) is 25.1 Å². The Kier molecular flexibility index (Phi) is 4.65. The maximum atomic E-state index is 13.3. The number of hydrogen-bond acceptors (Lipinski definition) is 5. The summed E-state index contributed by atoms with van der Waals surface area (Å²) < 4.78 is 79.1. The van der Waals surface area contributed by atoms with E-state index in [9.17, 15) is 26.0 Å². The van der Waals surface area contributed by atoms with Gasteiger partial charge in [-0.25, -0.2) is 22.9 Å². The third-order valence-corrected chi connectivity index (χ3v) is 5.96. The molecule has 0 amide bonds. The molecule has 1 unspecified atom stereocenters. The molecule has 142 valence electrons. The van der Waals surface area contributed by atoms with Crippen LogP contribution in [0.4, 0.5) is 23.2 Å². The van der Waals surface area contributed by atoms with Crippen LogP contribution < -0.4 is 4.90 Å². The summed E-state index contributed by atoms with van der Waals surface area (Å²) in [6.07, 6.45) is -3.66. The van der Waals surface area contributed by atoms with Gasteiger partial charge in [-0.2, -0.15) is 22.6 Å². The molecular weight excluding hydrogens is 378 g/mol. The van der Waals surface area contributed by atoms with E-state index < -0.39 is 33.6 Å². The summed E-state index contributed by atoms with van der Waals surface area (Å²) in [5.74, 6) is -0.986. The molecule has 0 aliphatic carbocycles. The lowest BCUT2D eigenvalue weighted by Gasteiger charge is -2.40. The topological polar surface area (TPSA) is 82.2 Å². The van der Waals surface area contributed by atoms with E-state index in [1.807, 2.05) is 0 Å². The Morgan fingerprint density at radius 2 is 2.00 bits per heavy atom. The van der Waals surface area contributed by atoms with E-state index in [1.165, 1.54) is 4.90 Å². The molecule has 1 aliphatic rings. The van der Waals surface area contributed by atoms with Crippen LogP contribution in [0.25, 0.3) is 0 Å². The van der Waals surface area contributed by atoms with Gasteiger partial charge in [-0.3, -0.25) is 0 Å². The number of halogens is 4. The van der Waals surface area contributed by atoms with E-state index in [-0.39, 0.29) is 30.5 Å². The average molecular weight is 393 g/mol. The Morgan fingerprint density at radius 1 is 1.27 bits per heavy atom. The molecule has 0 spiro atoms. The van der Waals surface area contributed by atoms with Crippen LogP contribution in [0.2, 0.25) is 0 Å². The number of sulfonamides is 1. The predicted octanol–water partition coefficient (Wildman–Crippen LogP) is 1.86. The SMILES string of the molecule is CC1CN(c2ccc(F)cc2C(F)(F)F)CCN1S(=O)(=O)c1ncn[nH]1. The van der Waals surface area contributed by atoms with Crippen LogP contribution in [0.15, 0.2) is 29.7 Å². The predicted molar refractivity (Wildman–Crippen MR) is 83.4 cm³/mol. The van der Waals surface area contributed by atoms with E-state index in [2.05, 4.69) is 15.2 Å². The number of anilines is 1. The third kappa shape index (κ3) is 3.38. The molecule has 2 aromatic rings. The highest BCUT2D eigenvalue weighted by Crippen LogP contribution is 2.38. The molecule has 1 atom stereocenters. The zero-order valence-electron chi connectivity index (χ0n) is 13.5. The fourth-order valence-electron chi connectivity index (χ4n) is 2.96. The Balaban J connectivity index is 1.86. The summed E-state index contributed by atoms with van der Waals surface area (Å²) in [6, 6.07) is 1.83. The van der Waals surface area contributed by atoms with Crippen molar-refractivity contribution in [2.24, 2.45) is 0 Å². The zero-order valence-corrected chi connectivity index (χ0v) is 14.4. The van der Waals surface area contributed by atoms with Gasteiger partial charge in [0.25, 0.3) is 15.2 Å². The van der Waals surface area contributed by atoms with Crippen molar-refractivity contribution >= 4 is 15.7 Å². The van der Waals surface area contributed by atoms with Crippen molar-refractivity contribution in [2.75, 3.05) is 24.5 Å². The first-order valence-corrected chi connectivity index (χ1v) is 9.03. The highest BCUT2D eigenvalue weighted by Gasteiger charge is 2.39. The molecule has 1 aromatic heterocycles. The Labute approximate surface area is 146 Å². The number of hydrogen-bond donors (Lipinski definition) is 1. The van der Waals surface area contributed by atoms with Crippen LogP contribution in [-0.2, 0) is 16.2 Å². The van der Waals surface area contributed by atoms with Gasteiger partial charge in [0.2, 0.25) is 0 Å². The molecule has 0 bridgehead atoms. The second-order valence-corrected chi connectivity index (χ2v) is 7.67. The van der Waals surface area contributed by atoms with Crippen LogP contribution >= 0.6 is 0 Å². The lowest BCUT2D eigenvalue weighted by molar-refractivity contribution is -0.137. The van der Waals surface area contributed by atoms with Gasteiger partial charge in [-0.1, -0.05) is 0 Å². The summed E-state index contributed by atoms with van der Waals surface area (Å²) in [5, 5.41) is 5.46.